The van der Waals surface area contributed by atoms with Crippen molar-refractivity contribution in [3.05, 3.63) is 87.2 Å². The highest BCUT2D eigenvalue weighted by Crippen LogP contribution is 2.25. The quantitative estimate of drug-likeness (QED) is 0.393. The SMILES string of the molecule is CC(C)Cc1cc(CC(=O)NCN2CCC(=Cc3ccc(Cl)c(Cl)c3)CC2)nn1-c1ccccc1. The third-order valence-electron chi connectivity index (χ3n) is 6.11. The van der Waals surface area contributed by atoms with E-state index in [9.17, 15) is 4.79 Å². The summed E-state index contributed by atoms with van der Waals surface area (Å²) in [5, 5.41) is 8.97. The monoisotopic (exact) mass is 510 g/mol. The van der Waals surface area contributed by atoms with Crippen LogP contribution in [0, 0.1) is 5.92 Å². The van der Waals surface area contributed by atoms with Crippen LogP contribution in [0.5, 0.6) is 0 Å². The van der Waals surface area contributed by atoms with E-state index in [1.54, 1.807) is 0 Å². The minimum Gasteiger partial charge on any atom is -0.343 e. The van der Waals surface area contributed by atoms with Crippen LogP contribution in [0.25, 0.3) is 11.8 Å². The van der Waals surface area contributed by atoms with Crippen molar-refractivity contribution in [1.82, 2.24) is 20.0 Å². The standard InChI is InChI=1S/C28H32Cl2N4O/c1-20(2)14-25-17-23(32-34(25)24-6-4-3-5-7-24)18-28(35)31-19-33-12-10-21(11-13-33)15-22-8-9-26(29)27(30)16-22/h3-9,15-17,20H,10-14,18-19H2,1-2H3,(H,31,35). The van der Waals surface area contributed by atoms with E-state index in [2.05, 4.69) is 36.2 Å². The first-order chi connectivity index (χ1) is 16.9. The third-order valence-corrected chi connectivity index (χ3v) is 6.85. The molecule has 35 heavy (non-hydrogen) atoms. The van der Waals surface area contributed by atoms with E-state index in [4.69, 9.17) is 28.3 Å². The summed E-state index contributed by atoms with van der Waals surface area (Å²) in [5.41, 5.74) is 5.41. The van der Waals surface area contributed by atoms with Gasteiger partial charge in [0.05, 0.1) is 34.5 Å². The number of aromatic nitrogens is 2. The number of amides is 1. The molecule has 0 bridgehead atoms. The maximum Gasteiger partial charge on any atom is 0.227 e. The topological polar surface area (TPSA) is 50.2 Å². The lowest BCUT2D eigenvalue weighted by molar-refractivity contribution is -0.121. The Hall–Kier alpha value is -2.60. The number of nitrogens with one attached hydrogen (secondary N) is 1. The molecule has 0 unspecified atom stereocenters. The number of benzene rings is 2. The number of carbonyl (C=O) groups is 1. The van der Waals surface area contributed by atoms with Gasteiger partial charge in [-0.15, -0.1) is 0 Å². The van der Waals surface area contributed by atoms with E-state index < -0.39 is 0 Å². The van der Waals surface area contributed by atoms with Crippen LogP contribution in [0.2, 0.25) is 10.0 Å². The van der Waals surface area contributed by atoms with Gasteiger partial charge in [-0.2, -0.15) is 5.10 Å². The van der Waals surface area contributed by atoms with Gasteiger partial charge < -0.3 is 5.32 Å². The van der Waals surface area contributed by atoms with Gasteiger partial charge in [0.25, 0.3) is 0 Å². The van der Waals surface area contributed by atoms with E-state index in [0.717, 1.165) is 55.0 Å². The van der Waals surface area contributed by atoms with Crippen molar-refractivity contribution in [2.75, 3.05) is 19.8 Å². The fourth-order valence-corrected chi connectivity index (χ4v) is 4.63. The third kappa shape index (κ3) is 7.20. The Morgan fingerprint density at radius 1 is 1.06 bits per heavy atom. The van der Waals surface area contributed by atoms with E-state index >= 15 is 0 Å². The summed E-state index contributed by atoms with van der Waals surface area (Å²) >= 11 is 12.1. The molecule has 2 heterocycles. The molecule has 0 atom stereocenters. The molecule has 3 aromatic rings. The number of rotatable bonds is 8. The molecular weight excluding hydrogens is 479 g/mol. The molecule has 1 aromatic heterocycles. The summed E-state index contributed by atoms with van der Waals surface area (Å²) in [6, 6.07) is 17.9. The molecule has 1 fully saturated rings. The largest absolute Gasteiger partial charge is 0.343 e. The lowest BCUT2D eigenvalue weighted by Crippen LogP contribution is -2.41. The van der Waals surface area contributed by atoms with E-state index in [1.165, 1.54) is 5.57 Å². The second kappa shape index (κ2) is 11.9. The summed E-state index contributed by atoms with van der Waals surface area (Å²) in [6.07, 6.45) is 5.32. The number of nitrogens with zero attached hydrogens (tertiary/aromatic N) is 3. The zero-order chi connectivity index (χ0) is 24.8. The van der Waals surface area contributed by atoms with Crippen molar-refractivity contribution in [3.63, 3.8) is 0 Å². The number of carbonyl (C=O) groups excluding carboxylic acids is 1. The van der Waals surface area contributed by atoms with Gasteiger partial charge in [0.2, 0.25) is 5.91 Å². The van der Waals surface area contributed by atoms with Crippen molar-refractivity contribution in [2.24, 2.45) is 5.92 Å². The summed E-state index contributed by atoms with van der Waals surface area (Å²) in [5.74, 6) is 0.501. The molecule has 0 radical (unpaired) electrons. The van der Waals surface area contributed by atoms with Crippen LogP contribution in [0.15, 0.2) is 60.2 Å². The number of likely N-dealkylation sites (tertiary alicyclic amines) is 1. The van der Waals surface area contributed by atoms with E-state index in [-0.39, 0.29) is 12.3 Å². The van der Waals surface area contributed by atoms with Crippen LogP contribution in [-0.2, 0) is 17.6 Å². The fourth-order valence-electron chi connectivity index (χ4n) is 4.33. The molecule has 0 spiro atoms. The maximum absolute atomic E-state index is 12.7. The van der Waals surface area contributed by atoms with E-state index in [0.29, 0.717) is 22.6 Å². The molecule has 2 aromatic carbocycles. The Labute approximate surface area is 217 Å². The van der Waals surface area contributed by atoms with Gasteiger partial charge >= 0.3 is 0 Å². The molecule has 1 aliphatic heterocycles. The Kier molecular flexibility index (Phi) is 8.66. The van der Waals surface area contributed by atoms with Crippen molar-refractivity contribution in [3.8, 4) is 5.69 Å². The molecule has 184 valence electrons. The minimum absolute atomic E-state index is 0.00375. The van der Waals surface area contributed by atoms with Gasteiger partial charge in [0.15, 0.2) is 0 Å². The molecule has 4 rings (SSSR count). The zero-order valence-electron chi connectivity index (χ0n) is 20.3. The van der Waals surface area contributed by atoms with Crippen LogP contribution < -0.4 is 5.32 Å². The van der Waals surface area contributed by atoms with Crippen molar-refractivity contribution >= 4 is 35.2 Å². The molecular formula is C28H32Cl2N4O. The molecule has 7 heteroatoms. The predicted octanol–water partition coefficient (Wildman–Crippen LogP) is 6.17. The van der Waals surface area contributed by atoms with Gasteiger partial charge in [0, 0.05) is 18.8 Å². The average Bonchev–Trinajstić information content (AvgIpc) is 3.22. The maximum atomic E-state index is 12.7. The Morgan fingerprint density at radius 2 is 1.80 bits per heavy atom. The normalized spacial score (nSPS) is 14.4. The van der Waals surface area contributed by atoms with Crippen LogP contribution in [0.4, 0.5) is 0 Å². The molecule has 0 aliphatic carbocycles. The molecule has 1 saturated heterocycles. The van der Waals surface area contributed by atoms with Gasteiger partial charge in [-0.25, -0.2) is 4.68 Å². The number of hydrogen-bond acceptors (Lipinski definition) is 3. The smallest absolute Gasteiger partial charge is 0.227 e. The summed E-state index contributed by atoms with van der Waals surface area (Å²) in [4.78, 5) is 15.0. The number of hydrogen-bond donors (Lipinski definition) is 1. The molecule has 1 amide bonds. The average molecular weight is 511 g/mol. The Morgan fingerprint density at radius 3 is 2.49 bits per heavy atom. The molecule has 5 nitrogen and oxygen atoms in total. The van der Waals surface area contributed by atoms with Crippen molar-refractivity contribution in [2.45, 2.75) is 39.5 Å². The highest BCUT2D eigenvalue weighted by atomic mass is 35.5. The van der Waals surface area contributed by atoms with E-state index in [1.807, 2.05) is 53.2 Å². The minimum atomic E-state index is -0.00375. The number of halogens is 2. The molecule has 0 saturated carbocycles. The summed E-state index contributed by atoms with van der Waals surface area (Å²) in [7, 11) is 0. The first kappa shape index (κ1) is 25.5. The lowest BCUT2D eigenvalue weighted by Gasteiger charge is -2.28. The summed E-state index contributed by atoms with van der Waals surface area (Å²) < 4.78 is 1.97. The van der Waals surface area contributed by atoms with Crippen LogP contribution in [0.3, 0.4) is 0 Å². The Bertz CT molecular complexity index is 1180. The number of piperidine rings is 1. The van der Waals surface area contributed by atoms with Crippen LogP contribution >= 0.6 is 23.2 Å². The summed E-state index contributed by atoms with van der Waals surface area (Å²) in [6.45, 7) is 6.76. The zero-order valence-corrected chi connectivity index (χ0v) is 21.8. The second-order valence-corrected chi connectivity index (χ2v) is 10.3. The van der Waals surface area contributed by atoms with Crippen LogP contribution in [-0.4, -0.2) is 40.3 Å². The molecule has 1 N–H and O–H groups in total. The van der Waals surface area contributed by atoms with Crippen molar-refractivity contribution < 1.29 is 4.79 Å². The Balaban J connectivity index is 1.29. The first-order valence-corrected chi connectivity index (χ1v) is 12.9. The number of para-hydroxylation sites is 1. The van der Waals surface area contributed by atoms with Gasteiger partial charge in [-0.1, -0.05) is 73.0 Å². The first-order valence-electron chi connectivity index (χ1n) is 12.1. The van der Waals surface area contributed by atoms with Gasteiger partial charge in [-0.05, 0) is 61.1 Å². The second-order valence-electron chi connectivity index (χ2n) is 9.50. The lowest BCUT2D eigenvalue weighted by atomic mass is 10.0. The molecule has 1 aliphatic rings. The van der Waals surface area contributed by atoms with Gasteiger partial charge in [0.1, 0.15) is 0 Å². The highest BCUT2D eigenvalue weighted by Gasteiger charge is 2.17. The fraction of sp³-hybridized carbons (Fsp3) is 0.357. The van der Waals surface area contributed by atoms with Crippen LogP contribution in [0.1, 0.15) is 43.6 Å². The van der Waals surface area contributed by atoms with Gasteiger partial charge in [-0.3, -0.25) is 9.69 Å². The predicted molar refractivity (Wildman–Crippen MR) is 144 cm³/mol. The van der Waals surface area contributed by atoms with Crippen molar-refractivity contribution in [1.29, 1.82) is 0 Å². The highest BCUT2D eigenvalue weighted by molar-refractivity contribution is 6.42.